The van der Waals surface area contributed by atoms with Crippen LogP contribution in [0, 0.1) is 6.92 Å². The van der Waals surface area contributed by atoms with Crippen LogP contribution in [0.1, 0.15) is 15.9 Å². The quantitative estimate of drug-likeness (QED) is 0.757. The van der Waals surface area contributed by atoms with Crippen molar-refractivity contribution < 1.29 is 14.7 Å². The average molecular weight is 320 g/mol. The van der Waals surface area contributed by atoms with E-state index in [1.165, 1.54) is 6.07 Å². The van der Waals surface area contributed by atoms with Crippen molar-refractivity contribution >= 4 is 28.4 Å². The molecule has 0 saturated carbocycles. The number of hydrogen-bond donors (Lipinski definition) is 2. The highest BCUT2D eigenvalue weighted by Gasteiger charge is 2.25. The highest BCUT2D eigenvalue weighted by Crippen LogP contribution is 2.28. The Kier molecular flexibility index (Phi) is 3.92. The van der Waals surface area contributed by atoms with E-state index in [4.69, 9.17) is 5.73 Å². The van der Waals surface area contributed by atoms with Crippen molar-refractivity contribution in [2.75, 3.05) is 4.90 Å². The van der Waals surface area contributed by atoms with E-state index in [0.717, 1.165) is 21.2 Å². The fourth-order valence-corrected chi connectivity index (χ4v) is 2.56. The number of rotatable bonds is 2. The Morgan fingerprint density at radius 1 is 0.958 bits per heavy atom. The Labute approximate surface area is 138 Å². The van der Waals surface area contributed by atoms with E-state index in [1.807, 2.05) is 31.2 Å². The molecule has 3 amide bonds. The molecular formula is C19H16N2O3. The summed E-state index contributed by atoms with van der Waals surface area (Å²) in [5.74, 6) is -0.869. The first-order chi connectivity index (χ1) is 11.5. The lowest BCUT2D eigenvalue weighted by Gasteiger charge is -2.19. The smallest absolute Gasteiger partial charge is 0.326 e. The van der Waals surface area contributed by atoms with Crippen molar-refractivity contribution in [1.29, 1.82) is 0 Å². The molecule has 3 aromatic carbocycles. The minimum absolute atomic E-state index is 0.0214. The first-order valence-electron chi connectivity index (χ1n) is 7.39. The zero-order valence-corrected chi connectivity index (χ0v) is 13.1. The molecule has 3 N–H and O–H groups in total. The number of imide groups is 1. The zero-order valence-electron chi connectivity index (χ0n) is 13.1. The maximum atomic E-state index is 12.8. The molecule has 5 heteroatoms. The molecule has 5 nitrogen and oxygen atoms in total. The molecule has 0 fully saturated rings. The first kappa shape index (κ1) is 15.6. The molecule has 0 saturated heterocycles. The second kappa shape index (κ2) is 6.04. The summed E-state index contributed by atoms with van der Waals surface area (Å²) in [6.45, 7) is 1.90. The van der Waals surface area contributed by atoms with E-state index in [-0.39, 0.29) is 11.3 Å². The number of amides is 3. The van der Waals surface area contributed by atoms with Gasteiger partial charge in [-0.1, -0.05) is 42.0 Å². The molecule has 24 heavy (non-hydrogen) atoms. The summed E-state index contributed by atoms with van der Waals surface area (Å²) < 4.78 is 0. The van der Waals surface area contributed by atoms with Crippen molar-refractivity contribution in [2.45, 2.75) is 6.92 Å². The summed E-state index contributed by atoms with van der Waals surface area (Å²) in [5.41, 5.74) is 6.76. The third-order valence-electron chi connectivity index (χ3n) is 3.81. The highest BCUT2D eigenvalue weighted by molar-refractivity contribution is 6.21. The van der Waals surface area contributed by atoms with Crippen molar-refractivity contribution in [1.82, 2.24) is 0 Å². The number of hydrogen-bond acceptors (Lipinski definition) is 3. The van der Waals surface area contributed by atoms with Gasteiger partial charge in [-0.05, 0) is 42.0 Å². The van der Waals surface area contributed by atoms with E-state index in [2.05, 4.69) is 0 Å². The third-order valence-corrected chi connectivity index (χ3v) is 3.81. The second-order valence-corrected chi connectivity index (χ2v) is 5.53. The van der Waals surface area contributed by atoms with Crippen LogP contribution in [0.4, 0.5) is 10.5 Å². The van der Waals surface area contributed by atoms with Crippen LogP contribution in [0.15, 0.2) is 60.7 Å². The van der Waals surface area contributed by atoms with Gasteiger partial charge in [-0.15, -0.1) is 0 Å². The Balaban J connectivity index is 2.09. The first-order valence-corrected chi connectivity index (χ1v) is 7.39. The van der Waals surface area contributed by atoms with Gasteiger partial charge in [0.15, 0.2) is 0 Å². The third kappa shape index (κ3) is 2.79. The number of benzene rings is 3. The average Bonchev–Trinajstić information content (AvgIpc) is 2.55. The number of nitrogens with two attached hydrogens (primary N) is 1. The molecule has 0 unspecified atom stereocenters. The number of fused-ring (bicyclic) bond motifs is 1. The van der Waals surface area contributed by atoms with Gasteiger partial charge < -0.3 is 10.8 Å². The monoisotopic (exact) mass is 320 g/mol. The van der Waals surface area contributed by atoms with Gasteiger partial charge in [0.25, 0.3) is 5.91 Å². The molecule has 0 radical (unpaired) electrons. The number of carbonyl (C=O) groups excluding carboxylic acids is 2. The topological polar surface area (TPSA) is 83.6 Å². The van der Waals surface area contributed by atoms with Crippen LogP contribution < -0.4 is 10.6 Å². The van der Waals surface area contributed by atoms with E-state index < -0.39 is 11.9 Å². The SMILES string of the molecule is Cc1ccc(N(C(N)=O)C(=O)c2cc3ccccc3cc2O)cc1. The predicted octanol–water partition coefficient (Wildman–Crippen LogP) is 3.58. The molecule has 0 atom stereocenters. The van der Waals surface area contributed by atoms with E-state index in [1.54, 1.807) is 30.3 Å². The van der Waals surface area contributed by atoms with Crippen molar-refractivity contribution in [3.63, 3.8) is 0 Å². The predicted molar refractivity (Wildman–Crippen MR) is 93.2 cm³/mol. The van der Waals surface area contributed by atoms with Crippen LogP contribution in [-0.2, 0) is 0 Å². The number of nitrogens with zero attached hydrogens (tertiary/aromatic N) is 1. The summed E-state index contributed by atoms with van der Waals surface area (Å²) >= 11 is 0. The standard InChI is InChI=1S/C19H16N2O3/c1-12-6-8-15(9-7-12)21(19(20)24)18(23)16-10-13-4-2-3-5-14(13)11-17(16)22/h2-11,22H,1H3,(H2,20,24). The summed E-state index contributed by atoms with van der Waals surface area (Å²) in [4.78, 5) is 25.5. The van der Waals surface area contributed by atoms with Crippen LogP contribution in [0.25, 0.3) is 10.8 Å². The van der Waals surface area contributed by atoms with E-state index in [9.17, 15) is 14.7 Å². The van der Waals surface area contributed by atoms with Crippen LogP contribution >= 0.6 is 0 Å². The summed E-state index contributed by atoms with van der Waals surface area (Å²) in [6.07, 6.45) is 0. The van der Waals surface area contributed by atoms with Gasteiger partial charge in [-0.25, -0.2) is 9.69 Å². The van der Waals surface area contributed by atoms with Gasteiger partial charge in [0, 0.05) is 0 Å². The van der Waals surface area contributed by atoms with Crippen molar-refractivity contribution in [3.05, 3.63) is 71.8 Å². The van der Waals surface area contributed by atoms with E-state index in [0.29, 0.717) is 5.69 Å². The largest absolute Gasteiger partial charge is 0.507 e. The van der Waals surface area contributed by atoms with Crippen LogP contribution in [0.5, 0.6) is 5.75 Å². The van der Waals surface area contributed by atoms with Gasteiger partial charge in [-0.2, -0.15) is 0 Å². The van der Waals surface area contributed by atoms with Crippen LogP contribution in [0.3, 0.4) is 0 Å². The second-order valence-electron chi connectivity index (χ2n) is 5.53. The molecule has 0 aliphatic carbocycles. The van der Waals surface area contributed by atoms with Gasteiger partial charge >= 0.3 is 6.03 Å². The number of aromatic hydroxyl groups is 1. The van der Waals surface area contributed by atoms with Crippen molar-refractivity contribution in [3.8, 4) is 5.75 Å². The molecule has 0 aliphatic rings. The van der Waals surface area contributed by atoms with Crippen molar-refractivity contribution in [2.24, 2.45) is 5.73 Å². The number of carbonyl (C=O) groups is 2. The molecule has 120 valence electrons. The molecule has 0 heterocycles. The van der Waals surface area contributed by atoms with Gasteiger partial charge in [0.05, 0.1) is 11.3 Å². The number of aryl methyl sites for hydroxylation is 1. The van der Waals surface area contributed by atoms with Gasteiger partial charge in [0.1, 0.15) is 5.75 Å². The summed E-state index contributed by atoms with van der Waals surface area (Å²) in [7, 11) is 0. The Hall–Kier alpha value is -3.34. The lowest BCUT2D eigenvalue weighted by Crippen LogP contribution is -2.40. The number of anilines is 1. The maximum absolute atomic E-state index is 12.8. The molecule has 3 rings (SSSR count). The van der Waals surface area contributed by atoms with Crippen LogP contribution in [0.2, 0.25) is 0 Å². The summed E-state index contributed by atoms with van der Waals surface area (Å²) in [5, 5.41) is 11.8. The molecule has 0 spiro atoms. The Morgan fingerprint density at radius 3 is 2.12 bits per heavy atom. The number of phenolic OH excluding ortho intramolecular Hbond substituents is 1. The zero-order chi connectivity index (χ0) is 17.3. The van der Waals surface area contributed by atoms with Gasteiger partial charge in [-0.3, -0.25) is 4.79 Å². The Bertz CT molecular complexity index is 933. The fourth-order valence-electron chi connectivity index (χ4n) is 2.56. The maximum Gasteiger partial charge on any atom is 0.326 e. The number of phenols is 1. The molecular weight excluding hydrogens is 304 g/mol. The lowest BCUT2D eigenvalue weighted by atomic mass is 10.0. The molecule has 3 aromatic rings. The Morgan fingerprint density at radius 2 is 1.54 bits per heavy atom. The fraction of sp³-hybridized carbons (Fsp3) is 0.0526. The minimum Gasteiger partial charge on any atom is -0.507 e. The lowest BCUT2D eigenvalue weighted by molar-refractivity contribution is 0.0993. The summed E-state index contributed by atoms with van der Waals surface area (Å²) in [6, 6.07) is 16.3. The number of urea groups is 1. The number of primary amides is 1. The molecule has 0 aliphatic heterocycles. The molecule has 0 aromatic heterocycles. The minimum atomic E-state index is -0.906. The van der Waals surface area contributed by atoms with Gasteiger partial charge in [0.2, 0.25) is 0 Å². The normalized spacial score (nSPS) is 10.5. The van der Waals surface area contributed by atoms with E-state index >= 15 is 0 Å². The van der Waals surface area contributed by atoms with Crippen LogP contribution in [-0.4, -0.2) is 17.0 Å². The highest BCUT2D eigenvalue weighted by atomic mass is 16.3. The molecule has 0 bridgehead atoms.